The minimum absolute atomic E-state index is 0.0156. The molecule has 2 heterocycles. The van der Waals surface area contributed by atoms with Crippen molar-refractivity contribution in [1.82, 2.24) is 15.6 Å². The summed E-state index contributed by atoms with van der Waals surface area (Å²) >= 11 is 7.20. The average Bonchev–Trinajstić information content (AvgIpc) is 3.08. The van der Waals surface area contributed by atoms with Crippen molar-refractivity contribution in [2.24, 2.45) is 0 Å². The lowest BCUT2D eigenvalue weighted by Gasteiger charge is -2.30. The highest BCUT2D eigenvalue weighted by Gasteiger charge is 2.31. The molecule has 4 N–H and O–H groups in total. The van der Waals surface area contributed by atoms with E-state index in [9.17, 15) is 14.7 Å². The fourth-order valence-corrected chi connectivity index (χ4v) is 4.32. The molecule has 0 spiro atoms. The number of carbonyl (C=O) groups excluding carboxylic acids is 2. The molecule has 2 amide bonds. The molecule has 0 radical (unpaired) electrons. The van der Waals surface area contributed by atoms with E-state index in [1.807, 2.05) is 6.92 Å². The molecule has 2 aromatic rings. The summed E-state index contributed by atoms with van der Waals surface area (Å²) in [6.45, 7) is 2.58. The quantitative estimate of drug-likeness (QED) is 0.554. The van der Waals surface area contributed by atoms with Crippen LogP contribution in [-0.4, -0.2) is 34.5 Å². The number of aryl methyl sites for hydroxylation is 1. The van der Waals surface area contributed by atoms with Crippen molar-refractivity contribution in [2.45, 2.75) is 44.9 Å². The fourth-order valence-electron chi connectivity index (χ4n) is 3.16. The van der Waals surface area contributed by atoms with Gasteiger partial charge in [-0.05, 0) is 50.6 Å². The Kier molecular flexibility index (Phi) is 7.01. The summed E-state index contributed by atoms with van der Waals surface area (Å²) in [4.78, 5) is 30.2. The molecule has 1 saturated heterocycles. The van der Waals surface area contributed by atoms with E-state index < -0.39 is 17.9 Å². The molecule has 1 aromatic carbocycles. The number of nitrogens with one attached hydrogen (secondary N) is 3. The normalized spacial score (nSPS) is 17.8. The summed E-state index contributed by atoms with van der Waals surface area (Å²) in [7, 11) is 0. The van der Waals surface area contributed by atoms with E-state index in [1.165, 1.54) is 11.3 Å². The van der Waals surface area contributed by atoms with Gasteiger partial charge in [-0.2, -0.15) is 0 Å². The van der Waals surface area contributed by atoms with Gasteiger partial charge in [-0.15, -0.1) is 11.3 Å². The Labute approximate surface area is 172 Å². The van der Waals surface area contributed by atoms with Crippen LogP contribution in [0.1, 0.15) is 40.9 Å². The number of thiazole rings is 1. The predicted molar refractivity (Wildman–Crippen MR) is 109 cm³/mol. The zero-order valence-electron chi connectivity index (χ0n) is 15.5. The smallest absolute Gasteiger partial charge is 0.313 e. The fraction of sp³-hybridized carbons (Fsp3) is 0.421. The number of benzene rings is 1. The molecule has 7 nitrogen and oxygen atoms in total. The van der Waals surface area contributed by atoms with Crippen LogP contribution in [0.5, 0.6) is 0 Å². The van der Waals surface area contributed by atoms with Gasteiger partial charge in [0, 0.05) is 16.8 Å². The van der Waals surface area contributed by atoms with Crippen molar-refractivity contribution >= 4 is 40.4 Å². The van der Waals surface area contributed by atoms with E-state index in [4.69, 9.17) is 11.6 Å². The van der Waals surface area contributed by atoms with Crippen LogP contribution >= 0.6 is 22.9 Å². The molecule has 0 bridgehead atoms. The third-order valence-electron chi connectivity index (χ3n) is 4.66. The van der Waals surface area contributed by atoms with Gasteiger partial charge in [0.05, 0.1) is 23.2 Å². The van der Waals surface area contributed by atoms with E-state index in [2.05, 4.69) is 20.9 Å². The molecule has 28 heavy (non-hydrogen) atoms. The monoisotopic (exact) mass is 422 g/mol. The number of hydrogen-bond acceptors (Lipinski definition) is 6. The van der Waals surface area contributed by atoms with Gasteiger partial charge in [-0.1, -0.05) is 18.0 Å². The predicted octanol–water partition coefficient (Wildman–Crippen LogP) is 2.54. The number of rotatable bonds is 5. The molecule has 0 saturated carbocycles. The van der Waals surface area contributed by atoms with Crippen LogP contribution in [0.15, 0.2) is 24.3 Å². The van der Waals surface area contributed by atoms with Crippen molar-refractivity contribution in [3.8, 4) is 0 Å². The van der Waals surface area contributed by atoms with Gasteiger partial charge in [0.1, 0.15) is 5.01 Å². The number of hydrogen-bond donors (Lipinski definition) is 4. The highest BCUT2D eigenvalue weighted by Crippen LogP contribution is 2.29. The molecule has 150 valence electrons. The van der Waals surface area contributed by atoms with Crippen molar-refractivity contribution in [2.75, 3.05) is 11.9 Å². The second kappa shape index (κ2) is 9.47. The largest absolute Gasteiger partial charge is 0.391 e. The molecule has 1 aliphatic heterocycles. The first kappa shape index (κ1) is 20.7. The van der Waals surface area contributed by atoms with Crippen LogP contribution in [0.2, 0.25) is 5.02 Å². The Morgan fingerprint density at radius 1 is 1.32 bits per heavy atom. The maximum atomic E-state index is 12.6. The average molecular weight is 423 g/mol. The number of anilines is 1. The lowest BCUT2D eigenvalue weighted by molar-refractivity contribution is -0.136. The van der Waals surface area contributed by atoms with Crippen molar-refractivity contribution in [3.63, 3.8) is 0 Å². The Hall–Kier alpha value is -2.00. The van der Waals surface area contributed by atoms with E-state index in [1.54, 1.807) is 24.3 Å². The summed E-state index contributed by atoms with van der Waals surface area (Å²) < 4.78 is 0. The maximum Gasteiger partial charge on any atom is 0.313 e. The topological polar surface area (TPSA) is 103 Å². The Morgan fingerprint density at radius 2 is 2.07 bits per heavy atom. The molecule has 1 aromatic heterocycles. The Balaban J connectivity index is 1.74. The number of aliphatic hydroxyl groups excluding tert-OH is 1. The first-order valence-electron chi connectivity index (χ1n) is 9.16. The van der Waals surface area contributed by atoms with Crippen LogP contribution in [0.4, 0.5) is 5.69 Å². The number of aliphatic hydroxyl groups is 1. The number of piperidine rings is 1. The van der Waals surface area contributed by atoms with Crippen LogP contribution in [0.25, 0.3) is 0 Å². The van der Waals surface area contributed by atoms with Gasteiger partial charge in [-0.25, -0.2) is 4.98 Å². The minimum Gasteiger partial charge on any atom is -0.391 e. The van der Waals surface area contributed by atoms with Crippen LogP contribution in [0.3, 0.4) is 0 Å². The molecule has 1 aliphatic rings. The standard InChI is InChI=1S/C19H23ClN4O3S/c1-11-15(10-25)28-19(22-11)16(14-4-2-3-9-21-14)24-18(27)17(26)23-13-7-5-12(20)6-8-13/h5-8,14,16,21,25H,2-4,9-10H2,1H3,(H,23,26)(H,24,27)/t14-,16-/m0/s1. The van der Waals surface area contributed by atoms with Crippen molar-refractivity contribution < 1.29 is 14.7 Å². The summed E-state index contributed by atoms with van der Waals surface area (Å²) in [5.41, 5.74) is 1.23. The molecule has 1 fully saturated rings. The Morgan fingerprint density at radius 3 is 2.68 bits per heavy atom. The van der Waals surface area contributed by atoms with Crippen LogP contribution in [-0.2, 0) is 16.2 Å². The number of nitrogens with zero attached hydrogens (tertiary/aromatic N) is 1. The third kappa shape index (κ3) is 5.08. The molecule has 0 aliphatic carbocycles. The molecule has 2 atom stereocenters. The second-order valence-corrected chi connectivity index (χ2v) is 8.24. The summed E-state index contributed by atoms with van der Waals surface area (Å²) in [5.74, 6) is -1.48. The second-order valence-electron chi connectivity index (χ2n) is 6.69. The van der Waals surface area contributed by atoms with E-state index in [-0.39, 0.29) is 12.6 Å². The lowest BCUT2D eigenvalue weighted by Crippen LogP contribution is -2.48. The molecule has 9 heteroatoms. The van der Waals surface area contributed by atoms with Gasteiger partial charge >= 0.3 is 11.8 Å². The highest BCUT2D eigenvalue weighted by atomic mass is 35.5. The minimum atomic E-state index is -0.751. The summed E-state index contributed by atoms with van der Waals surface area (Å²) in [6.07, 6.45) is 2.99. The summed E-state index contributed by atoms with van der Waals surface area (Å²) in [6, 6.07) is 6.08. The number of aromatic nitrogens is 1. The van der Waals surface area contributed by atoms with Crippen LogP contribution in [0, 0.1) is 6.92 Å². The lowest BCUT2D eigenvalue weighted by atomic mass is 9.98. The SMILES string of the molecule is Cc1nc([C@@H](NC(=O)C(=O)Nc2ccc(Cl)cc2)[C@@H]2CCCCN2)sc1CO. The van der Waals surface area contributed by atoms with Crippen molar-refractivity contribution in [3.05, 3.63) is 44.9 Å². The molecule has 3 rings (SSSR count). The number of halogens is 1. The zero-order chi connectivity index (χ0) is 20.1. The zero-order valence-corrected chi connectivity index (χ0v) is 17.1. The number of amides is 2. The highest BCUT2D eigenvalue weighted by molar-refractivity contribution is 7.11. The van der Waals surface area contributed by atoms with E-state index in [0.717, 1.165) is 36.4 Å². The first-order chi connectivity index (χ1) is 13.5. The molecule has 0 unspecified atom stereocenters. The van der Waals surface area contributed by atoms with Gasteiger partial charge in [0.25, 0.3) is 0 Å². The van der Waals surface area contributed by atoms with Crippen LogP contribution < -0.4 is 16.0 Å². The molecular formula is C19H23ClN4O3S. The Bertz CT molecular complexity index is 834. The third-order valence-corrected chi connectivity index (χ3v) is 6.14. The number of carbonyl (C=O) groups is 2. The van der Waals surface area contributed by atoms with Crippen molar-refractivity contribution in [1.29, 1.82) is 0 Å². The van der Waals surface area contributed by atoms with Gasteiger partial charge in [-0.3, -0.25) is 9.59 Å². The van der Waals surface area contributed by atoms with Gasteiger partial charge < -0.3 is 21.1 Å². The van der Waals surface area contributed by atoms with Gasteiger partial charge in [0.15, 0.2) is 0 Å². The first-order valence-corrected chi connectivity index (χ1v) is 10.3. The molecular weight excluding hydrogens is 400 g/mol. The van der Waals surface area contributed by atoms with E-state index in [0.29, 0.717) is 15.7 Å². The van der Waals surface area contributed by atoms with Gasteiger partial charge in [0.2, 0.25) is 0 Å². The summed E-state index contributed by atoms with van der Waals surface area (Å²) in [5, 5.41) is 19.5. The maximum absolute atomic E-state index is 12.6. The van der Waals surface area contributed by atoms with E-state index >= 15 is 0 Å².